The Morgan fingerprint density at radius 2 is 2.04 bits per heavy atom. The molecule has 3 aromatic heterocycles. The topological polar surface area (TPSA) is 83.0 Å². The molecule has 1 saturated carbocycles. The van der Waals surface area contributed by atoms with E-state index in [9.17, 15) is 5.11 Å². The fourth-order valence-corrected chi connectivity index (χ4v) is 4.40. The van der Waals surface area contributed by atoms with E-state index in [1.165, 1.54) is 11.5 Å². The minimum atomic E-state index is -0.151. The van der Waals surface area contributed by atoms with Crippen LogP contribution < -0.4 is 10.6 Å². The van der Waals surface area contributed by atoms with Gasteiger partial charge in [0.2, 0.25) is 5.95 Å². The summed E-state index contributed by atoms with van der Waals surface area (Å²) >= 11 is 3.05. The predicted molar refractivity (Wildman–Crippen MR) is 99.4 cm³/mol. The molecule has 3 heterocycles. The van der Waals surface area contributed by atoms with Crippen LogP contribution in [-0.4, -0.2) is 31.6 Å². The Kier molecular flexibility index (Phi) is 4.34. The summed E-state index contributed by atoms with van der Waals surface area (Å²) < 4.78 is 5.35. The third-order valence-electron chi connectivity index (χ3n) is 4.20. The second-order valence-corrected chi connectivity index (χ2v) is 7.86. The molecule has 1 aliphatic carbocycles. The maximum Gasteiger partial charge on any atom is 0.230 e. The van der Waals surface area contributed by atoms with E-state index in [1.54, 1.807) is 11.3 Å². The van der Waals surface area contributed by atoms with Crippen LogP contribution in [0.15, 0.2) is 17.5 Å². The Morgan fingerprint density at radius 1 is 1.21 bits per heavy atom. The summed E-state index contributed by atoms with van der Waals surface area (Å²) in [5.41, 5.74) is 1.93. The van der Waals surface area contributed by atoms with Crippen molar-refractivity contribution < 1.29 is 5.11 Å². The van der Waals surface area contributed by atoms with Gasteiger partial charge in [-0.15, -0.1) is 11.3 Å². The molecule has 3 N–H and O–H groups in total. The SMILES string of the molecule is Cc1cc(Nc2nc(N[C@H]3CC[C@@H](O)CC3)c3sccc3n2)sn1. The lowest BCUT2D eigenvalue weighted by molar-refractivity contribution is 0.126. The highest BCUT2D eigenvalue weighted by Crippen LogP contribution is 2.31. The zero-order valence-corrected chi connectivity index (χ0v) is 15.0. The third kappa shape index (κ3) is 3.35. The number of anilines is 3. The third-order valence-corrected chi connectivity index (χ3v) is 5.91. The lowest BCUT2D eigenvalue weighted by atomic mass is 9.93. The van der Waals surface area contributed by atoms with Gasteiger partial charge < -0.3 is 15.7 Å². The van der Waals surface area contributed by atoms with E-state index in [1.807, 2.05) is 24.4 Å². The lowest BCUT2D eigenvalue weighted by Gasteiger charge is -2.26. The van der Waals surface area contributed by atoms with Crippen molar-refractivity contribution in [2.45, 2.75) is 44.8 Å². The summed E-state index contributed by atoms with van der Waals surface area (Å²) in [5, 5.41) is 19.5. The van der Waals surface area contributed by atoms with Gasteiger partial charge in [0.15, 0.2) is 0 Å². The second kappa shape index (κ2) is 6.62. The van der Waals surface area contributed by atoms with Gasteiger partial charge in [0.25, 0.3) is 0 Å². The minimum absolute atomic E-state index is 0.151. The van der Waals surface area contributed by atoms with Gasteiger partial charge in [-0.3, -0.25) is 0 Å². The number of hydrogen-bond donors (Lipinski definition) is 3. The van der Waals surface area contributed by atoms with Crippen LogP contribution in [0.5, 0.6) is 0 Å². The van der Waals surface area contributed by atoms with Gasteiger partial charge in [-0.25, -0.2) is 4.98 Å². The number of nitrogens with one attached hydrogen (secondary N) is 2. The number of aromatic nitrogens is 3. The Hall–Kier alpha value is -1.77. The standard InChI is InChI=1S/C16H19N5OS2/c1-9-8-13(24-21-9)19-16-18-12-6-7-23-14(12)15(20-16)17-10-2-4-11(22)5-3-10/h6-8,10-11,22H,2-5H2,1H3,(H2,17,18,19,20)/t10-,11+. The first-order chi connectivity index (χ1) is 11.7. The van der Waals surface area contributed by atoms with Gasteiger partial charge in [0.05, 0.1) is 22.0 Å². The molecule has 0 spiro atoms. The van der Waals surface area contributed by atoms with Crippen molar-refractivity contribution in [2.75, 3.05) is 10.6 Å². The molecule has 0 radical (unpaired) electrons. The zero-order valence-electron chi connectivity index (χ0n) is 13.3. The quantitative estimate of drug-likeness (QED) is 0.653. The molecule has 0 amide bonds. The molecule has 8 heteroatoms. The maximum atomic E-state index is 9.68. The van der Waals surface area contributed by atoms with Gasteiger partial charge in [0, 0.05) is 6.04 Å². The number of thiophene rings is 1. The first kappa shape index (κ1) is 15.7. The summed E-state index contributed by atoms with van der Waals surface area (Å²) in [4.78, 5) is 9.28. The zero-order chi connectivity index (χ0) is 16.5. The maximum absolute atomic E-state index is 9.68. The molecule has 0 unspecified atom stereocenters. The normalized spacial score (nSPS) is 21.1. The predicted octanol–water partition coefficient (Wildman–Crippen LogP) is 3.92. The Labute approximate surface area is 148 Å². The minimum Gasteiger partial charge on any atom is -0.393 e. The van der Waals surface area contributed by atoms with Gasteiger partial charge in [-0.2, -0.15) is 9.36 Å². The van der Waals surface area contributed by atoms with Crippen molar-refractivity contribution in [3.63, 3.8) is 0 Å². The van der Waals surface area contributed by atoms with Gasteiger partial charge in [-0.1, -0.05) is 0 Å². The second-order valence-electron chi connectivity index (χ2n) is 6.14. The number of aliphatic hydroxyl groups is 1. The van der Waals surface area contributed by atoms with E-state index in [4.69, 9.17) is 0 Å². The van der Waals surface area contributed by atoms with E-state index >= 15 is 0 Å². The van der Waals surface area contributed by atoms with Crippen LogP contribution in [-0.2, 0) is 0 Å². The number of fused-ring (bicyclic) bond motifs is 1. The van der Waals surface area contributed by atoms with Crippen LogP contribution in [0.4, 0.5) is 16.8 Å². The summed E-state index contributed by atoms with van der Waals surface area (Å²) in [7, 11) is 0. The molecule has 0 aliphatic heterocycles. The van der Waals surface area contributed by atoms with Crippen LogP contribution in [0.1, 0.15) is 31.4 Å². The number of aliphatic hydroxyl groups excluding tert-OH is 1. The molecule has 1 fully saturated rings. The Morgan fingerprint density at radius 3 is 2.79 bits per heavy atom. The van der Waals surface area contributed by atoms with Gasteiger partial charge in [0.1, 0.15) is 10.8 Å². The molecule has 0 saturated heterocycles. The molecule has 3 aromatic rings. The van der Waals surface area contributed by atoms with Crippen LogP contribution >= 0.6 is 22.9 Å². The average molecular weight is 361 g/mol. The summed E-state index contributed by atoms with van der Waals surface area (Å²) in [5.74, 6) is 1.46. The number of aryl methyl sites for hydroxylation is 1. The van der Waals surface area contributed by atoms with Crippen molar-refractivity contribution in [1.82, 2.24) is 14.3 Å². The largest absolute Gasteiger partial charge is 0.393 e. The average Bonchev–Trinajstić information content (AvgIpc) is 3.19. The van der Waals surface area contributed by atoms with Crippen LogP contribution in [0.3, 0.4) is 0 Å². The molecule has 0 aromatic carbocycles. The van der Waals surface area contributed by atoms with Crippen LogP contribution in [0, 0.1) is 6.92 Å². The molecule has 0 bridgehead atoms. The Bertz CT molecular complexity index is 838. The number of nitrogens with zero attached hydrogens (tertiary/aromatic N) is 3. The molecule has 24 heavy (non-hydrogen) atoms. The fourth-order valence-electron chi connectivity index (χ4n) is 2.96. The lowest BCUT2D eigenvalue weighted by Crippen LogP contribution is -2.28. The van der Waals surface area contributed by atoms with Crippen molar-refractivity contribution in [3.8, 4) is 0 Å². The highest BCUT2D eigenvalue weighted by molar-refractivity contribution is 7.17. The molecule has 6 nitrogen and oxygen atoms in total. The number of rotatable bonds is 4. The highest BCUT2D eigenvalue weighted by Gasteiger charge is 2.21. The van der Waals surface area contributed by atoms with Gasteiger partial charge in [-0.05, 0) is 61.7 Å². The number of hydrogen-bond acceptors (Lipinski definition) is 8. The first-order valence-electron chi connectivity index (χ1n) is 8.07. The fraction of sp³-hybridized carbons (Fsp3) is 0.438. The van der Waals surface area contributed by atoms with Crippen LogP contribution in [0.25, 0.3) is 10.2 Å². The first-order valence-corrected chi connectivity index (χ1v) is 9.73. The smallest absolute Gasteiger partial charge is 0.230 e. The monoisotopic (exact) mass is 361 g/mol. The Balaban J connectivity index is 1.60. The van der Waals surface area contributed by atoms with Crippen molar-refractivity contribution in [1.29, 1.82) is 0 Å². The van der Waals surface area contributed by atoms with E-state index in [-0.39, 0.29) is 6.10 Å². The molecule has 1 aliphatic rings. The van der Waals surface area contributed by atoms with Crippen molar-refractivity contribution >= 4 is 49.9 Å². The molecule has 126 valence electrons. The van der Waals surface area contributed by atoms with E-state index in [2.05, 4.69) is 25.0 Å². The van der Waals surface area contributed by atoms with Crippen molar-refractivity contribution in [2.24, 2.45) is 0 Å². The summed E-state index contributed by atoms with van der Waals surface area (Å²) in [6, 6.07) is 4.36. The molecule has 4 rings (SSSR count). The highest BCUT2D eigenvalue weighted by atomic mass is 32.1. The molecular weight excluding hydrogens is 342 g/mol. The van der Waals surface area contributed by atoms with E-state index < -0.39 is 0 Å². The van der Waals surface area contributed by atoms with Crippen LogP contribution in [0.2, 0.25) is 0 Å². The summed E-state index contributed by atoms with van der Waals surface area (Å²) in [6.07, 6.45) is 3.48. The van der Waals surface area contributed by atoms with Gasteiger partial charge >= 0.3 is 0 Å². The molecule has 0 atom stereocenters. The van der Waals surface area contributed by atoms with E-state index in [0.717, 1.165) is 52.4 Å². The van der Waals surface area contributed by atoms with Crippen molar-refractivity contribution in [3.05, 3.63) is 23.2 Å². The molecular formula is C16H19N5OS2. The van der Waals surface area contributed by atoms with E-state index in [0.29, 0.717) is 12.0 Å². The summed E-state index contributed by atoms with van der Waals surface area (Å²) in [6.45, 7) is 1.97.